The molecule has 0 saturated carbocycles. The summed E-state index contributed by atoms with van der Waals surface area (Å²) in [5, 5.41) is 0. The maximum atomic E-state index is 5.67. The molecule has 1 aromatic carbocycles. The lowest BCUT2D eigenvalue weighted by atomic mass is 10.0. The monoisotopic (exact) mass is 399 g/mol. The summed E-state index contributed by atoms with van der Waals surface area (Å²) in [7, 11) is 1.65. The highest BCUT2D eigenvalue weighted by Crippen LogP contribution is 2.28. The minimum Gasteiger partial charge on any atom is -0.496 e. The summed E-state index contributed by atoms with van der Waals surface area (Å²) in [6.07, 6.45) is 2.49. The zero-order valence-electron chi connectivity index (χ0n) is 10.9. The molecular formula is C14H15Br2N3O. The topological polar surface area (TPSA) is 60.2 Å². The molecule has 0 spiro atoms. The van der Waals surface area contributed by atoms with Crippen molar-refractivity contribution < 1.29 is 4.74 Å². The molecule has 106 valence electrons. The van der Waals surface area contributed by atoms with Crippen molar-refractivity contribution in [2.24, 2.45) is 5.84 Å². The number of hydrogen-bond acceptors (Lipinski definition) is 4. The number of hydrogen-bond donors (Lipinski definition) is 2. The first kappa shape index (κ1) is 15.4. The predicted molar refractivity (Wildman–Crippen MR) is 86.4 cm³/mol. The largest absolute Gasteiger partial charge is 0.496 e. The molecule has 0 fully saturated rings. The van der Waals surface area contributed by atoms with Crippen molar-refractivity contribution in [3.63, 3.8) is 0 Å². The molecule has 6 heteroatoms. The molecule has 0 aliphatic heterocycles. The molecule has 2 aromatic rings. The van der Waals surface area contributed by atoms with Crippen LogP contribution in [0, 0.1) is 0 Å². The maximum absolute atomic E-state index is 5.67. The van der Waals surface area contributed by atoms with Gasteiger partial charge in [0.05, 0.1) is 23.3 Å². The van der Waals surface area contributed by atoms with Gasteiger partial charge in [0, 0.05) is 10.7 Å². The fraction of sp³-hybridized carbons (Fsp3) is 0.214. The Labute approximate surface area is 135 Å². The SMILES string of the molecule is COc1ccc(CC(NN)c2ncccc2Br)cc1Br. The van der Waals surface area contributed by atoms with Crippen molar-refractivity contribution in [1.82, 2.24) is 10.4 Å². The van der Waals surface area contributed by atoms with Crippen molar-refractivity contribution in [3.05, 3.63) is 56.7 Å². The van der Waals surface area contributed by atoms with Gasteiger partial charge in [0.1, 0.15) is 5.75 Å². The molecule has 20 heavy (non-hydrogen) atoms. The van der Waals surface area contributed by atoms with Crippen LogP contribution in [0.5, 0.6) is 5.75 Å². The zero-order valence-corrected chi connectivity index (χ0v) is 14.1. The van der Waals surface area contributed by atoms with Gasteiger partial charge in [-0.25, -0.2) is 0 Å². The smallest absolute Gasteiger partial charge is 0.133 e. The van der Waals surface area contributed by atoms with Crippen LogP contribution in [0.15, 0.2) is 45.5 Å². The zero-order chi connectivity index (χ0) is 14.5. The number of nitrogens with zero attached hydrogens (tertiary/aromatic N) is 1. The van der Waals surface area contributed by atoms with Crippen LogP contribution in [0.25, 0.3) is 0 Å². The van der Waals surface area contributed by atoms with E-state index in [1.807, 2.05) is 30.3 Å². The molecule has 2 rings (SSSR count). The fourth-order valence-corrected chi connectivity index (χ4v) is 3.08. The van der Waals surface area contributed by atoms with Gasteiger partial charge >= 0.3 is 0 Å². The number of halogens is 2. The Kier molecular flexibility index (Phi) is 5.54. The molecule has 1 unspecified atom stereocenters. The number of nitrogens with two attached hydrogens (primary N) is 1. The number of ether oxygens (including phenoxy) is 1. The van der Waals surface area contributed by atoms with Crippen LogP contribution in [0.4, 0.5) is 0 Å². The average molecular weight is 401 g/mol. The predicted octanol–water partition coefficient (Wildman–Crippen LogP) is 3.36. The maximum Gasteiger partial charge on any atom is 0.133 e. The lowest BCUT2D eigenvalue weighted by molar-refractivity contribution is 0.412. The molecule has 3 N–H and O–H groups in total. The highest BCUT2D eigenvalue weighted by molar-refractivity contribution is 9.10. The second kappa shape index (κ2) is 7.17. The van der Waals surface area contributed by atoms with Gasteiger partial charge in [-0.15, -0.1) is 0 Å². The molecule has 1 atom stereocenters. The molecule has 0 amide bonds. The van der Waals surface area contributed by atoms with Crippen LogP contribution in [0.2, 0.25) is 0 Å². The Morgan fingerprint density at radius 3 is 2.70 bits per heavy atom. The minimum absolute atomic E-state index is 0.0640. The fourth-order valence-electron chi connectivity index (χ4n) is 1.96. The van der Waals surface area contributed by atoms with Crippen LogP contribution in [-0.4, -0.2) is 12.1 Å². The van der Waals surface area contributed by atoms with Gasteiger partial charge < -0.3 is 4.74 Å². The second-order valence-corrected chi connectivity index (χ2v) is 5.97. The lowest BCUT2D eigenvalue weighted by Gasteiger charge is -2.17. The van der Waals surface area contributed by atoms with E-state index in [4.69, 9.17) is 10.6 Å². The van der Waals surface area contributed by atoms with E-state index in [1.165, 1.54) is 0 Å². The van der Waals surface area contributed by atoms with Gasteiger partial charge in [0.15, 0.2) is 0 Å². The third kappa shape index (κ3) is 3.58. The van der Waals surface area contributed by atoms with Gasteiger partial charge in [-0.1, -0.05) is 6.07 Å². The van der Waals surface area contributed by atoms with E-state index in [1.54, 1.807) is 13.3 Å². The minimum atomic E-state index is -0.0640. The Hall–Kier alpha value is -0.950. The highest BCUT2D eigenvalue weighted by Gasteiger charge is 2.15. The molecule has 1 aromatic heterocycles. The van der Waals surface area contributed by atoms with E-state index in [0.717, 1.165) is 32.4 Å². The van der Waals surface area contributed by atoms with Crippen LogP contribution in [0.3, 0.4) is 0 Å². The van der Waals surface area contributed by atoms with E-state index in [2.05, 4.69) is 42.3 Å². The summed E-state index contributed by atoms with van der Waals surface area (Å²) in [4.78, 5) is 4.38. The number of benzene rings is 1. The number of methoxy groups -OCH3 is 1. The Morgan fingerprint density at radius 1 is 1.30 bits per heavy atom. The quantitative estimate of drug-likeness (QED) is 0.596. The van der Waals surface area contributed by atoms with Crippen molar-refractivity contribution in [2.45, 2.75) is 12.5 Å². The number of pyridine rings is 1. The summed E-state index contributed by atoms with van der Waals surface area (Å²) < 4.78 is 7.09. The normalized spacial score (nSPS) is 12.2. The van der Waals surface area contributed by atoms with Crippen LogP contribution in [0.1, 0.15) is 17.3 Å². The third-order valence-electron chi connectivity index (χ3n) is 2.97. The molecule has 0 bridgehead atoms. The first-order valence-electron chi connectivity index (χ1n) is 6.04. The van der Waals surface area contributed by atoms with Gasteiger partial charge in [-0.05, 0) is 68.1 Å². The van der Waals surface area contributed by atoms with Crippen molar-refractivity contribution >= 4 is 31.9 Å². The molecule has 0 radical (unpaired) electrons. The highest BCUT2D eigenvalue weighted by atomic mass is 79.9. The summed E-state index contributed by atoms with van der Waals surface area (Å²) >= 11 is 6.99. The summed E-state index contributed by atoms with van der Waals surface area (Å²) in [6, 6.07) is 9.75. The number of nitrogens with one attached hydrogen (secondary N) is 1. The van der Waals surface area contributed by atoms with E-state index < -0.39 is 0 Å². The Bertz CT molecular complexity index is 592. The van der Waals surface area contributed by atoms with Crippen LogP contribution < -0.4 is 16.0 Å². The molecule has 0 aliphatic carbocycles. The van der Waals surface area contributed by atoms with Crippen molar-refractivity contribution in [1.29, 1.82) is 0 Å². The van der Waals surface area contributed by atoms with Crippen LogP contribution >= 0.6 is 31.9 Å². The van der Waals surface area contributed by atoms with Crippen LogP contribution in [-0.2, 0) is 6.42 Å². The number of rotatable bonds is 5. The van der Waals surface area contributed by atoms with Gasteiger partial charge in [0.2, 0.25) is 0 Å². The van der Waals surface area contributed by atoms with E-state index in [9.17, 15) is 0 Å². The first-order valence-corrected chi connectivity index (χ1v) is 7.63. The van der Waals surface area contributed by atoms with Gasteiger partial charge in [0.25, 0.3) is 0 Å². The third-order valence-corrected chi connectivity index (χ3v) is 4.26. The summed E-state index contributed by atoms with van der Waals surface area (Å²) in [5.74, 6) is 6.48. The Balaban J connectivity index is 2.23. The molecule has 0 aliphatic rings. The molecule has 4 nitrogen and oxygen atoms in total. The standard InChI is InChI=1S/C14H15Br2N3O/c1-20-13-5-4-9(7-11(13)16)8-12(19-17)14-10(15)3-2-6-18-14/h2-7,12,19H,8,17H2,1H3. The van der Waals surface area contributed by atoms with Crippen molar-refractivity contribution in [3.8, 4) is 5.75 Å². The molecule has 1 heterocycles. The summed E-state index contributed by atoms with van der Waals surface area (Å²) in [5.41, 5.74) is 4.84. The number of hydrazine groups is 1. The van der Waals surface area contributed by atoms with Gasteiger partial charge in [-0.3, -0.25) is 16.3 Å². The van der Waals surface area contributed by atoms with E-state index in [0.29, 0.717) is 0 Å². The van der Waals surface area contributed by atoms with Gasteiger partial charge in [-0.2, -0.15) is 0 Å². The average Bonchev–Trinajstić information content (AvgIpc) is 2.46. The first-order chi connectivity index (χ1) is 9.65. The Morgan fingerprint density at radius 2 is 2.10 bits per heavy atom. The van der Waals surface area contributed by atoms with E-state index in [-0.39, 0.29) is 6.04 Å². The van der Waals surface area contributed by atoms with Crippen molar-refractivity contribution in [2.75, 3.05) is 7.11 Å². The summed E-state index contributed by atoms with van der Waals surface area (Å²) in [6.45, 7) is 0. The molecular weight excluding hydrogens is 386 g/mol. The molecule has 0 saturated heterocycles. The van der Waals surface area contributed by atoms with E-state index >= 15 is 0 Å². The second-order valence-electron chi connectivity index (χ2n) is 4.26. The number of aromatic nitrogens is 1. The lowest BCUT2D eigenvalue weighted by Crippen LogP contribution is -2.30.